The molecular weight excluding hydrogens is 424 g/mol. The summed E-state index contributed by atoms with van der Waals surface area (Å²) in [5.74, 6) is -0.522. The summed E-state index contributed by atoms with van der Waals surface area (Å²) in [6.45, 7) is 4.78. The summed E-state index contributed by atoms with van der Waals surface area (Å²) < 4.78 is 11.1. The van der Waals surface area contributed by atoms with Crippen LogP contribution in [-0.2, 0) is 9.47 Å². The number of esters is 1. The number of amides is 1. The Morgan fingerprint density at radius 1 is 1.29 bits per heavy atom. The molecule has 6 nitrogen and oxygen atoms in total. The van der Waals surface area contributed by atoms with E-state index in [1.807, 2.05) is 23.1 Å². The van der Waals surface area contributed by atoms with Crippen LogP contribution in [0.15, 0.2) is 28.7 Å². The molecule has 1 N–H and O–H groups in total. The summed E-state index contributed by atoms with van der Waals surface area (Å²) >= 11 is 3.51. The number of ether oxygens (including phenoxy) is 2. The Kier molecular flexibility index (Phi) is 6.57. The molecule has 2 heterocycles. The number of carbonyl (C=O) groups excluding carboxylic acids is 2. The van der Waals surface area contributed by atoms with Gasteiger partial charge in [0.05, 0.1) is 18.2 Å². The van der Waals surface area contributed by atoms with Crippen LogP contribution in [0.2, 0.25) is 0 Å². The van der Waals surface area contributed by atoms with Gasteiger partial charge in [-0.15, -0.1) is 0 Å². The molecule has 1 aliphatic rings. The average Bonchev–Trinajstić information content (AvgIpc) is 3.26. The van der Waals surface area contributed by atoms with Gasteiger partial charge in [-0.25, -0.2) is 4.79 Å². The molecule has 1 saturated heterocycles. The molecule has 150 valence electrons. The highest BCUT2D eigenvalue weighted by Gasteiger charge is 2.33. The largest absolute Gasteiger partial charge is 0.460 e. The number of methoxy groups -OCH3 is 1. The summed E-state index contributed by atoms with van der Waals surface area (Å²) in [6, 6.07) is 8.10. The minimum absolute atomic E-state index is 0.0325. The van der Waals surface area contributed by atoms with Crippen molar-refractivity contribution < 1.29 is 19.1 Å². The maximum Gasteiger partial charge on any atom is 0.340 e. The molecule has 1 aromatic heterocycles. The van der Waals surface area contributed by atoms with Gasteiger partial charge in [-0.05, 0) is 49.9 Å². The van der Waals surface area contributed by atoms with Crippen LogP contribution in [-0.4, -0.2) is 48.6 Å². The molecule has 28 heavy (non-hydrogen) atoms. The fourth-order valence-corrected chi connectivity index (χ4v) is 4.19. The number of carbonyl (C=O) groups is 2. The first-order chi connectivity index (χ1) is 13.4. The Morgan fingerprint density at radius 3 is 2.79 bits per heavy atom. The van der Waals surface area contributed by atoms with Gasteiger partial charge >= 0.3 is 5.97 Å². The molecule has 7 heteroatoms. The lowest BCUT2D eigenvalue weighted by molar-refractivity contribution is 0.0387. The number of likely N-dealkylation sites (tertiary alicyclic amines) is 1. The highest BCUT2D eigenvalue weighted by atomic mass is 79.9. The third-order valence-electron chi connectivity index (χ3n) is 5.12. The Bertz CT molecular complexity index is 877. The van der Waals surface area contributed by atoms with E-state index in [1.165, 1.54) is 0 Å². The Balaban J connectivity index is 1.84. The van der Waals surface area contributed by atoms with Crippen molar-refractivity contribution in [1.29, 1.82) is 0 Å². The smallest absolute Gasteiger partial charge is 0.340 e. The Morgan fingerprint density at radius 2 is 2.07 bits per heavy atom. The van der Waals surface area contributed by atoms with Crippen molar-refractivity contribution in [2.75, 3.05) is 26.9 Å². The summed E-state index contributed by atoms with van der Waals surface area (Å²) in [7, 11) is 1.55. The van der Waals surface area contributed by atoms with Crippen LogP contribution >= 0.6 is 15.9 Å². The van der Waals surface area contributed by atoms with Crippen molar-refractivity contribution in [3.8, 4) is 0 Å². The summed E-state index contributed by atoms with van der Waals surface area (Å²) in [5.41, 5.74) is 3.27. The van der Waals surface area contributed by atoms with Crippen LogP contribution in [0.1, 0.15) is 56.6 Å². The van der Waals surface area contributed by atoms with Crippen molar-refractivity contribution in [2.45, 2.75) is 32.7 Å². The van der Waals surface area contributed by atoms with Gasteiger partial charge in [-0.2, -0.15) is 0 Å². The van der Waals surface area contributed by atoms with Crippen LogP contribution in [0, 0.1) is 13.8 Å². The lowest BCUT2D eigenvalue weighted by Gasteiger charge is -2.25. The Labute approximate surface area is 173 Å². The van der Waals surface area contributed by atoms with E-state index < -0.39 is 5.97 Å². The van der Waals surface area contributed by atoms with E-state index in [4.69, 9.17) is 9.47 Å². The zero-order chi connectivity index (χ0) is 20.3. The second kappa shape index (κ2) is 8.92. The van der Waals surface area contributed by atoms with Gasteiger partial charge < -0.3 is 19.4 Å². The van der Waals surface area contributed by atoms with Crippen molar-refractivity contribution >= 4 is 27.8 Å². The van der Waals surface area contributed by atoms with Gasteiger partial charge in [-0.3, -0.25) is 4.79 Å². The number of rotatable bonds is 6. The lowest BCUT2D eigenvalue weighted by Crippen LogP contribution is -2.31. The van der Waals surface area contributed by atoms with Crippen molar-refractivity contribution in [3.05, 3.63) is 56.8 Å². The molecule has 0 bridgehead atoms. The van der Waals surface area contributed by atoms with Gasteiger partial charge in [-0.1, -0.05) is 28.1 Å². The van der Waals surface area contributed by atoms with Gasteiger partial charge in [0.1, 0.15) is 12.3 Å². The Hall–Kier alpha value is -2.12. The average molecular weight is 449 g/mol. The predicted molar refractivity (Wildman–Crippen MR) is 110 cm³/mol. The summed E-state index contributed by atoms with van der Waals surface area (Å²) in [4.78, 5) is 30.7. The van der Waals surface area contributed by atoms with E-state index in [0.717, 1.165) is 22.9 Å². The molecule has 3 rings (SSSR count). The van der Waals surface area contributed by atoms with Crippen molar-refractivity contribution in [1.82, 2.24) is 9.88 Å². The molecule has 1 aromatic carbocycles. The van der Waals surface area contributed by atoms with E-state index in [1.54, 1.807) is 21.0 Å². The molecule has 0 aliphatic carbocycles. The molecular formula is C21H25BrN2O4. The van der Waals surface area contributed by atoms with E-state index in [2.05, 4.69) is 27.0 Å². The molecule has 2 aromatic rings. The number of hydrogen-bond donors (Lipinski definition) is 1. The van der Waals surface area contributed by atoms with Crippen LogP contribution in [0.3, 0.4) is 0 Å². The van der Waals surface area contributed by atoms with Crippen LogP contribution in [0.5, 0.6) is 0 Å². The monoisotopic (exact) mass is 448 g/mol. The number of H-pyrrole nitrogens is 1. The minimum Gasteiger partial charge on any atom is -0.460 e. The summed E-state index contributed by atoms with van der Waals surface area (Å²) in [5, 5.41) is 0. The van der Waals surface area contributed by atoms with E-state index in [9.17, 15) is 9.59 Å². The van der Waals surface area contributed by atoms with Gasteiger partial charge in [0.15, 0.2) is 0 Å². The maximum atomic E-state index is 13.3. The topological polar surface area (TPSA) is 71.6 Å². The first-order valence-corrected chi connectivity index (χ1v) is 10.1. The number of aromatic amines is 1. The van der Waals surface area contributed by atoms with Crippen LogP contribution in [0.4, 0.5) is 0 Å². The predicted octanol–water partition coefficient (Wildman–Crippen LogP) is 4.17. The first-order valence-electron chi connectivity index (χ1n) is 9.35. The van der Waals surface area contributed by atoms with E-state index in [-0.39, 0.29) is 18.6 Å². The standard InChI is InChI=1S/C21H25BrN2O4/c1-13-18(21(26)28-11-10-27-3)14(2)23-19(13)20(25)24-9-5-8-17(24)15-6-4-7-16(22)12-15/h4,6-7,12,17,23H,5,8-11H2,1-3H3. The van der Waals surface area contributed by atoms with E-state index >= 15 is 0 Å². The number of nitrogens with one attached hydrogen (secondary N) is 1. The molecule has 1 amide bonds. The zero-order valence-electron chi connectivity index (χ0n) is 16.4. The molecule has 1 unspecified atom stereocenters. The van der Waals surface area contributed by atoms with Gasteiger partial charge in [0.25, 0.3) is 5.91 Å². The fraction of sp³-hybridized carbons (Fsp3) is 0.429. The molecule has 0 spiro atoms. The molecule has 0 saturated carbocycles. The fourth-order valence-electron chi connectivity index (χ4n) is 3.77. The SMILES string of the molecule is COCCOC(=O)c1c(C)[nH]c(C(=O)N2CCCC2c2cccc(Br)c2)c1C. The maximum absolute atomic E-state index is 13.3. The quantitative estimate of drug-likeness (QED) is 0.531. The van der Waals surface area contributed by atoms with Crippen LogP contribution < -0.4 is 0 Å². The van der Waals surface area contributed by atoms with Gasteiger partial charge in [0, 0.05) is 23.8 Å². The second-order valence-electron chi connectivity index (χ2n) is 6.97. The zero-order valence-corrected chi connectivity index (χ0v) is 18.0. The molecule has 1 fully saturated rings. The second-order valence-corrected chi connectivity index (χ2v) is 7.88. The normalized spacial score (nSPS) is 16.4. The minimum atomic E-state index is -0.438. The first kappa shape index (κ1) is 20.6. The third-order valence-corrected chi connectivity index (χ3v) is 5.62. The van der Waals surface area contributed by atoms with Crippen molar-refractivity contribution in [2.24, 2.45) is 0 Å². The number of halogens is 1. The highest BCUT2D eigenvalue weighted by Crippen LogP contribution is 2.35. The molecule has 0 radical (unpaired) electrons. The van der Waals surface area contributed by atoms with E-state index in [0.29, 0.717) is 35.7 Å². The summed E-state index contributed by atoms with van der Waals surface area (Å²) in [6.07, 6.45) is 1.88. The molecule has 1 atom stereocenters. The molecule has 1 aliphatic heterocycles. The lowest BCUT2D eigenvalue weighted by atomic mass is 10.0. The van der Waals surface area contributed by atoms with Crippen LogP contribution in [0.25, 0.3) is 0 Å². The number of hydrogen-bond acceptors (Lipinski definition) is 4. The number of aryl methyl sites for hydroxylation is 1. The highest BCUT2D eigenvalue weighted by molar-refractivity contribution is 9.10. The number of benzene rings is 1. The number of aromatic nitrogens is 1. The number of nitrogens with zero attached hydrogens (tertiary/aromatic N) is 1. The third kappa shape index (κ3) is 4.15. The van der Waals surface area contributed by atoms with Gasteiger partial charge in [0.2, 0.25) is 0 Å². The van der Waals surface area contributed by atoms with Crippen molar-refractivity contribution in [3.63, 3.8) is 0 Å².